The standard InChI is InChI=1S/C14H18O.C14H14O/c1-11-2-6-13(7-3-11)14-8-4-12(10-15)5-9-14;1-11-3-5-12(6-4-11)13-7-9-14(15-2)10-8-13/h2-3,6-7,10,12,14H,4-5,8-9H2,1H3;3-10H,1-2H3. The van der Waals surface area contributed by atoms with Crippen molar-refractivity contribution in [2.45, 2.75) is 45.4 Å². The van der Waals surface area contributed by atoms with Crippen LogP contribution >= 0.6 is 0 Å². The van der Waals surface area contributed by atoms with Crippen LogP contribution < -0.4 is 4.74 Å². The van der Waals surface area contributed by atoms with Gasteiger partial charge in [0.15, 0.2) is 0 Å². The number of ether oxygens (including phenoxy) is 1. The summed E-state index contributed by atoms with van der Waals surface area (Å²) in [7, 11) is 1.68. The zero-order valence-electron chi connectivity index (χ0n) is 18.3. The van der Waals surface area contributed by atoms with E-state index in [1.54, 1.807) is 7.11 Å². The van der Waals surface area contributed by atoms with Crippen LogP contribution in [0.15, 0.2) is 72.8 Å². The second-order valence-electron chi connectivity index (χ2n) is 8.25. The Labute approximate surface area is 180 Å². The van der Waals surface area contributed by atoms with Crippen molar-refractivity contribution in [2.24, 2.45) is 5.92 Å². The lowest BCUT2D eigenvalue weighted by Crippen LogP contribution is -2.14. The monoisotopic (exact) mass is 400 g/mol. The van der Waals surface area contributed by atoms with Gasteiger partial charge in [0.25, 0.3) is 0 Å². The van der Waals surface area contributed by atoms with Crippen molar-refractivity contribution in [3.63, 3.8) is 0 Å². The van der Waals surface area contributed by atoms with Gasteiger partial charge in [-0.2, -0.15) is 0 Å². The van der Waals surface area contributed by atoms with E-state index in [4.69, 9.17) is 4.74 Å². The Hall–Kier alpha value is -2.87. The molecule has 0 spiro atoms. The number of benzene rings is 3. The van der Waals surface area contributed by atoms with Crippen LogP contribution in [0.25, 0.3) is 11.1 Å². The molecule has 1 aliphatic carbocycles. The summed E-state index contributed by atoms with van der Waals surface area (Å²) in [5, 5.41) is 0. The molecule has 2 nitrogen and oxygen atoms in total. The lowest BCUT2D eigenvalue weighted by Gasteiger charge is -2.25. The van der Waals surface area contributed by atoms with E-state index in [-0.39, 0.29) is 0 Å². The van der Waals surface area contributed by atoms with Gasteiger partial charge < -0.3 is 9.53 Å². The molecule has 0 unspecified atom stereocenters. The number of hydrogen-bond donors (Lipinski definition) is 0. The molecule has 1 saturated carbocycles. The minimum absolute atomic E-state index is 0.326. The minimum atomic E-state index is 0.326. The summed E-state index contributed by atoms with van der Waals surface area (Å²) in [6.07, 6.45) is 5.62. The molecule has 1 fully saturated rings. The molecular formula is C28H32O2. The highest BCUT2D eigenvalue weighted by atomic mass is 16.5. The maximum absolute atomic E-state index is 10.6. The number of aldehydes is 1. The molecule has 0 heterocycles. The third-order valence-corrected chi connectivity index (χ3v) is 5.99. The molecule has 0 atom stereocenters. The number of methoxy groups -OCH3 is 1. The second-order valence-corrected chi connectivity index (χ2v) is 8.25. The first-order valence-corrected chi connectivity index (χ1v) is 10.8. The lowest BCUT2D eigenvalue weighted by atomic mass is 9.79. The summed E-state index contributed by atoms with van der Waals surface area (Å²) in [5.41, 5.74) is 6.51. The van der Waals surface area contributed by atoms with Gasteiger partial charge in [0, 0.05) is 5.92 Å². The quantitative estimate of drug-likeness (QED) is 0.435. The van der Waals surface area contributed by atoms with Gasteiger partial charge in [-0.3, -0.25) is 0 Å². The van der Waals surface area contributed by atoms with Crippen molar-refractivity contribution >= 4 is 6.29 Å². The van der Waals surface area contributed by atoms with Crippen molar-refractivity contribution in [1.82, 2.24) is 0 Å². The molecule has 0 amide bonds. The summed E-state index contributed by atoms with van der Waals surface area (Å²) >= 11 is 0. The van der Waals surface area contributed by atoms with Crippen LogP contribution in [0, 0.1) is 19.8 Å². The van der Waals surface area contributed by atoms with Gasteiger partial charge in [0.2, 0.25) is 0 Å². The zero-order valence-corrected chi connectivity index (χ0v) is 18.3. The van der Waals surface area contributed by atoms with E-state index in [1.165, 1.54) is 40.7 Å². The Bertz CT molecular complexity index is 900. The molecule has 3 aromatic carbocycles. The van der Waals surface area contributed by atoms with Crippen LogP contribution in [-0.2, 0) is 4.79 Å². The van der Waals surface area contributed by atoms with Crippen LogP contribution in [0.3, 0.4) is 0 Å². The van der Waals surface area contributed by atoms with Crippen molar-refractivity contribution in [3.05, 3.63) is 89.5 Å². The summed E-state index contributed by atoms with van der Waals surface area (Å²) in [6.45, 7) is 4.21. The van der Waals surface area contributed by atoms with Gasteiger partial charge in [0.1, 0.15) is 12.0 Å². The first kappa shape index (κ1) is 21.8. The maximum Gasteiger partial charge on any atom is 0.123 e. The zero-order chi connectivity index (χ0) is 21.3. The van der Waals surface area contributed by atoms with Crippen LogP contribution in [0.5, 0.6) is 5.75 Å². The fourth-order valence-corrected chi connectivity index (χ4v) is 3.96. The number of carbonyl (C=O) groups excluding carboxylic acids is 1. The van der Waals surface area contributed by atoms with E-state index >= 15 is 0 Å². The lowest BCUT2D eigenvalue weighted by molar-refractivity contribution is -0.111. The smallest absolute Gasteiger partial charge is 0.123 e. The molecule has 1 aliphatic rings. The predicted molar refractivity (Wildman–Crippen MR) is 125 cm³/mol. The van der Waals surface area contributed by atoms with Crippen LogP contribution in [0.1, 0.15) is 48.3 Å². The fourth-order valence-electron chi connectivity index (χ4n) is 3.96. The number of carbonyl (C=O) groups is 1. The van der Waals surface area contributed by atoms with Gasteiger partial charge >= 0.3 is 0 Å². The average molecular weight is 401 g/mol. The third-order valence-electron chi connectivity index (χ3n) is 5.99. The molecule has 156 valence electrons. The Morgan fingerprint density at radius 1 is 0.700 bits per heavy atom. The van der Waals surface area contributed by atoms with Gasteiger partial charge in [0.05, 0.1) is 7.11 Å². The normalized spacial score (nSPS) is 18.1. The van der Waals surface area contributed by atoms with Crippen molar-refractivity contribution < 1.29 is 9.53 Å². The molecule has 4 rings (SSSR count). The Balaban J connectivity index is 0.000000171. The van der Waals surface area contributed by atoms with Gasteiger partial charge in [-0.05, 0) is 74.3 Å². The second kappa shape index (κ2) is 10.8. The Morgan fingerprint density at radius 3 is 1.63 bits per heavy atom. The maximum atomic E-state index is 10.6. The summed E-state index contributed by atoms with van der Waals surface area (Å²) in [6, 6.07) is 25.5. The molecule has 3 aromatic rings. The number of hydrogen-bond acceptors (Lipinski definition) is 2. The molecule has 2 heteroatoms. The van der Waals surface area contributed by atoms with Gasteiger partial charge in [-0.25, -0.2) is 0 Å². The van der Waals surface area contributed by atoms with Crippen molar-refractivity contribution in [1.29, 1.82) is 0 Å². The fraction of sp³-hybridized carbons (Fsp3) is 0.321. The van der Waals surface area contributed by atoms with Crippen molar-refractivity contribution in [2.75, 3.05) is 7.11 Å². The van der Waals surface area contributed by atoms with Crippen molar-refractivity contribution in [3.8, 4) is 16.9 Å². The van der Waals surface area contributed by atoms with Gasteiger partial charge in [-0.1, -0.05) is 71.8 Å². The van der Waals surface area contributed by atoms with E-state index in [9.17, 15) is 4.79 Å². The summed E-state index contributed by atoms with van der Waals surface area (Å²) in [5.74, 6) is 1.90. The van der Waals surface area contributed by atoms with E-state index < -0.39 is 0 Å². The topological polar surface area (TPSA) is 26.3 Å². The number of rotatable bonds is 4. The largest absolute Gasteiger partial charge is 0.497 e. The minimum Gasteiger partial charge on any atom is -0.497 e. The molecule has 0 bridgehead atoms. The molecule has 0 aromatic heterocycles. The van der Waals surface area contributed by atoms with Gasteiger partial charge in [-0.15, -0.1) is 0 Å². The van der Waals surface area contributed by atoms with Crippen LogP contribution in [0.4, 0.5) is 0 Å². The molecule has 30 heavy (non-hydrogen) atoms. The van der Waals surface area contributed by atoms with Crippen LogP contribution in [-0.4, -0.2) is 13.4 Å². The molecule has 0 saturated heterocycles. The summed E-state index contributed by atoms with van der Waals surface area (Å²) < 4.78 is 5.12. The highest BCUT2D eigenvalue weighted by molar-refractivity contribution is 5.64. The molecule has 0 aliphatic heterocycles. The highest BCUT2D eigenvalue weighted by Gasteiger charge is 2.21. The molecular weight excluding hydrogens is 368 g/mol. The third kappa shape index (κ3) is 6.06. The first-order chi connectivity index (χ1) is 14.6. The van der Waals surface area contributed by atoms with E-state index in [0.29, 0.717) is 11.8 Å². The van der Waals surface area contributed by atoms with Crippen LogP contribution in [0.2, 0.25) is 0 Å². The number of aryl methyl sites for hydroxylation is 2. The molecule has 0 radical (unpaired) electrons. The predicted octanol–water partition coefficient (Wildman–Crippen LogP) is 7.14. The SMILES string of the molecule is COc1ccc(-c2ccc(C)cc2)cc1.Cc1ccc(C2CCC(C=O)CC2)cc1. The average Bonchev–Trinajstić information content (AvgIpc) is 2.81. The first-order valence-electron chi connectivity index (χ1n) is 10.8. The Morgan fingerprint density at radius 2 is 1.17 bits per heavy atom. The highest BCUT2D eigenvalue weighted by Crippen LogP contribution is 2.34. The molecule has 0 N–H and O–H groups in total. The summed E-state index contributed by atoms with van der Waals surface area (Å²) in [4.78, 5) is 10.6. The van der Waals surface area contributed by atoms with E-state index in [0.717, 1.165) is 24.9 Å². The Kier molecular flexibility index (Phi) is 7.84. The van der Waals surface area contributed by atoms with E-state index in [2.05, 4.69) is 74.5 Å². The van der Waals surface area contributed by atoms with E-state index in [1.807, 2.05) is 12.1 Å².